The Hall–Kier alpha value is -3.89. The highest BCUT2D eigenvalue weighted by Gasteiger charge is 2.35. The van der Waals surface area contributed by atoms with Crippen LogP contribution in [-0.2, 0) is 29.0 Å². The first-order valence-corrected chi connectivity index (χ1v) is 19.7. The molecular formula is C32H45N7O5Si. The molecule has 45 heavy (non-hydrogen) atoms. The number of anilines is 1. The van der Waals surface area contributed by atoms with Crippen LogP contribution in [0.4, 0.5) is 15.4 Å². The highest BCUT2D eigenvalue weighted by atomic mass is 28.3. The lowest BCUT2D eigenvalue weighted by atomic mass is 10.0. The van der Waals surface area contributed by atoms with Gasteiger partial charge < -0.3 is 34.2 Å². The van der Waals surface area contributed by atoms with E-state index in [-0.39, 0.29) is 43.8 Å². The maximum atomic E-state index is 13.1. The maximum absolute atomic E-state index is 13.1. The van der Waals surface area contributed by atoms with Crippen molar-refractivity contribution in [2.75, 3.05) is 50.8 Å². The molecule has 2 saturated heterocycles. The predicted octanol–water partition coefficient (Wildman–Crippen LogP) is 4.18. The Morgan fingerprint density at radius 1 is 1.04 bits per heavy atom. The Morgan fingerprint density at radius 3 is 2.60 bits per heavy atom. The van der Waals surface area contributed by atoms with Gasteiger partial charge in [0.2, 0.25) is 0 Å². The van der Waals surface area contributed by atoms with Gasteiger partial charge in [-0.15, -0.1) is 0 Å². The van der Waals surface area contributed by atoms with Crippen LogP contribution in [0.15, 0.2) is 30.3 Å². The molecule has 1 aromatic heterocycles. The van der Waals surface area contributed by atoms with Gasteiger partial charge in [-0.25, -0.2) is 9.59 Å². The molecule has 0 aliphatic carbocycles. The Morgan fingerprint density at radius 2 is 1.82 bits per heavy atom. The minimum atomic E-state index is -1.30. The van der Waals surface area contributed by atoms with E-state index in [0.29, 0.717) is 39.3 Å². The second-order valence-corrected chi connectivity index (χ2v) is 18.7. The number of rotatable bonds is 10. The number of nitriles is 1. The van der Waals surface area contributed by atoms with Crippen molar-refractivity contribution < 1.29 is 23.8 Å². The summed E-state index contributed by atoms with van der Waals surface area (Å²) in [5, 5.41) is 13.0. The van der Waals surface area contributed by atoms with Crippen molar-refractivity contribution in [1.29, 1.82) is 5.26 Å². The van der Waals surface area contributed by atoms with Gasteiger partial charge in [-0.3, -0.25) is 0 Å². The van der Waals surface area contributed by atoms with Crippen molar-refractivity contribution in [2.24, 2.45) is 0 Å². The molecule has 12 nitrogen and oxygen atoms in total. The number of amides is 2. The number of carbonyl (C=O) groups excluding carboxylic acids is 2. The standard InChI is InChI=1S/C32H45N7O5Si/c1-45(2,3)19-18-42-31(40)38-15-7-10-26(38)23-43-30-35-28-20-34-14-12-27(28)29(36-30)37-16-17-39(25(21-37)11-13-33)32(41)44-22-24-8-5-4-6-9-24/h4-6,8-9,25-26,34H,7,10-12,14-23H2,1-3H3/t25-,26-/m0/s1. The van der Waals surface area contributed by atoms with E-state index in [0.717, 1.165) is 54.5 Å². The number of benzene rings is 1. The summed E-state index contributed by atoms with van der Waals surface area (Å²) in [6.45, 7) is 11.2. The number of aromatic nitrogens is 2. The van der Waals surface area contributed by atoms with E-state index in [2.05, 4.69) is 35.9 Å². The van der Waals surface area contributed by atoms with Crippen molar-refractivity contribution >= 4 is 26.1 Å². The van der Waals surface area contributed by atoms with Crippen LogP contribution in [0.5, 0.6) is 6.01 Å². The molecule has 2 fully saturated rings. The molecule has 5 rings (SSSR count). The lowest BCUT2D eigenvalue weighted by Gasteiger charge is -2.41. The third kappa shape index (κ3) is 8.64. The molecule has 13 heteroatoms. The molecule has 2 amide bonds. The van der Waals surface area contributed by atoms with E-state index >= 15 is 0 Å². The van der Waals surface area contributed by atoms with Crippen LogP contribution in [-0.4, -0.2) is 98.0 Å². The zero-order chi connectivity index (χ0) is 31.8. The first-order chi connectivity index (χ1) is 21.7. The fraction of sp³-hybridized carbons (Fsp3) is 0.594. The summed E-state index contributed by atoms with van der Waals surface area (Å²) >= 11 is 0. The van der Waals surface area contributed by atoms with Crippen LogP contribution >= 0.6 is 0 Å². The molecular weight excluding hydrogens is 590 g/mol. The van der Waals surface area contributed by atoms with Crippen molar-refractivity contribution in [3.05, 3.63) is 47.2 Å². The van der Waals surface area contributed by atoms with Crippen LogP contribution in [0.2, 0.25) is 25.7 Å². The molecule has 242 valence electrons. The van der Waals surface area contributed by atoms with Crippen LogP contribution in [0.25, 0.3) is 0 Å². The van der Waals surface area contributed by atoms with Crippen LogP contribution in [0.1, 0.15) is 36.1 Å². The minimum absolute atomic E-state index is 0.101. The summed E-state index contributed by atoms with van der Waals surface area (Å²) in [6.07, 6.45) is 1.99. The van der Waals surface area contributed by atoms with Crippen molar-refractivity contribution in [3.63, 3.8) is 0 Å². The van der Waals surface area contributed by atoms with Crippen molar-refractivity contribution in [1.82, 2.24) is 25.1 Å². The average molecular weight is 636 g/mol. The molecule has 1 N–H and O–H groups in total. The molecule has 0 spiro atoms. The molecule has 0 unspecified atom stereocenters. The highest BCUT2D eigenvalue weighted by molar-refractivity contribution is 6.76. The third-order valence-corrected chi connectivity index (χ3v) is 10.2. The molecule has 3 aliphatic rings. The molecule has 4 heterocycles. The van der Waals surface area contributed by atoms with Gasteiger partial charge in [-0.05, 0) is 37.4 Å². The molecule has 3 aliphatic heterocycles. The molecule has 2 atom stereocenters. The first-order valence-electron chi connectivity index (χ1n) is 16.0. The zero-order valence-electron chi connectivity index (χ0n) is 26.7. The van der Waals surface area contributed by atoms with Gasteiger partial charge in [0.1, 0.15) is 19.0 Å². The number of carbonyl (C=O) groups is 2. The van der Waals surface area contributed by atoms with Gasteiger partial charge in [0.05, 0.1) is 36.9 Å². The van der Waals surface area contributed by atoms with Gasteiger partial charge in [0, 0.05) is 46.4 Å². The smallest absolute Gasteiger partial charge is 0.410 e. The summed E-state index contributed by atoms with van der Waals surface area (Å²) in [6, 6.07) is 12.6. The monoisotopic (exact) mass is 635 g/mol. The SMILES string of the molecule is C[Si](C)(C)CCOC(=O)N1CCC[C@H]1COc1nc2c(c(N3CCN(C(=O)OCc4ccccc4)[C@@H](CC#N)C3)n1)CCNC2. The third-order valence-electron chi connectivity index (χ3n) is 8.54. The number of nitrogens with zero attached hydrogens (tertiary/aromatic N) is 6. The average Bonchev–Trinajstić information content (AvgIpc) is 3.51. The van der Waals surface area contributed by atoms with E-state index in [1.165, 1.54) is 0 Å². The van der Waals surface area contributed by atoms with E-state index in [9.17, 15) is 14.9 Å². The Labute approximate surface area is 266 Å². The summed E-state index contributed by atoms with van der Waals surface area (Å²) in [7, 11) is -1.30. The number of hydrogen-bond acceptors (Lipinski definition) is 10. The minimum Gasteiger partial charge on any atom is -0.461 e. The number of hydrogen-bond donors (Lipinski definition) is 1. The van der Waals surface area contributed by atoms with E-state index in [1.807, 2.05) is 30.3 Å². The van der Waals surface area contributed by atoms with Gasteiger partial charge in [0.15, 0.2) is 0 Å². The topological polar surface area (TPSA) is 133 Å². The number of fused-ring (bicyclic) bond motifs is 1. The lowest BCUT2D eigenvalue weighted by molar-refractivity contribution is 0.0767. The maximum Gasteiger partial charge on any atom is 0.410 e. The van der Waals surface area contributed by atoms with Crippen molar-refractivity contribution in [2.45, 2.75) is 76.6 Å². The zero-order valence-corrected chi connectivity index (χ0v) is 27.7. The van der Waals surface area contributed by atoms with Crippen molar-refractivity contribution in [3.8, 4) is 12.1 Å². The van der Waals surface area contributed by atoms with Gasteiger partial charge in [0.25, 0.3) is 0 Å². The van der Waals surface area contributed by atoms with E-state index in [1.54, 1.807) is 9.80 Å². The second-order valence-electron chi connectivity index (χ2n) is 13.1. The van der Waals surface area contributed by atoms with Gasteiger partial charge >= 0.3 is 18.2 Å². The quantitative estimate of drug-likeness (QED) is 0.379. The van der Waals surface area contributed by atoms with Gasteiger partial charge in [-0.2, -0.15) is 15.2 Å². The van der Waals surface area contributed by atoms with Crippen LogP contribution in [0.3, 0.4) is 0 Å². The fourth-order valence-electron chi connectivity index (χ4n) is 5.96. The molecule has 0 saturated carbocycles. The fourth-order valence-corrected chi connectivity index (χ4v) is 6.68. The Balaban J connectivity index is 1.25. The Kier molecular flexibility index (Phi) is 10.8. The van der Waals surface area contributed by atoms with E-state index in [4.69, 9.17) is 24.2 Å². The normalized spacial score (nSPS) is 19.9. The second kappa shape index (κ2) is 14.9. The predicted molar refractivity (Wildman–Crippen MR) is 172 cm³/mol. The highest BCUT2D eigenvalue weighted by Crippen LogP contribution is 2.29. The summed E-state index contributed by atoms with van der Waals surface area (Å²) in [5.41, 5.74) is 2.86. The number of nitrogens with one attached hydrogen (secondary N) is 1. The largest absolute Gasteiger partial charge is 0.461 e. The summed E-state index contributed by atoms with van der Waals surface area (Å²) in [4.78, 5) is 41.1. The molecule has 1 aromatic carbocycles. The lowest BCUT2D eigenvalue weighted by Crippen LogP contribution is -2.55. The Bertz CT molecular complexity index is 1370. The molecule has 0 bridgehead atoms. The number of piperazine rings is 1. The molecule has 0 radical (unpaired) electrons. The van der Waals surface area contributed by atoms with Gasteiger partial charge in [-0.1, -0.05) is 50.0 Å². The van der Waals surface area contributed by atoms with Crippen LogP contribution < -0.4 is 15.0 Å². The van der Waals surface area contributed by atoms with Crippen LogP contribution in [0, 0.1) is 11.3 Å². The number of likely N-dealkylation sites (tertiary alicyclic amines) is 1. The molecule has 2 aromatic rings. The van der Waals surface area contributed by atoms with E-state index < -0.39 is 14.2 Å². The first kappa shape index (κ1) is 32.5. The summed E-state index contributed by atoms with van der Waals surface area (Å²) < 4.78 is 17.4. The number of ether oxygens (including phenoxy) is 3. The summed E-state index contributed by atoms with van der Waals surface area (Å²) in [5.74, 6) is 0.783.